The topological polar surface area (TPSA) is 78.8 Å². The smallest absolute Gasteiger partial charge is 0.303 e. The summed E-state index contributed by atoms with van der Waals surface area (Å²) < 4.78 is 5.79. The second kappa shape index (κ2) is 12.3. The molecule has 0 saturated heterocycles. The van der Waals surface area contributed by atoms with E-state index < -0.39 is 12.1 Å². The molecule has 0 heterocycles. The number of hydrogen-bond donors (Lipinski definition) is 3. The van der Waals surface area contributed by atoms with E-state index >= 15 is 0 Å². The number of ether oxygens (including phenoxy) is 1. The quantitative estimate of drug-likeness (QED) is 0.369. The Bertz CT molecular complexity index is 1020. The van der Waals surface area contributed by atoms with Gasteiger partial charge >= 0.3 is 5.97 Å². The van der Waals surface area contributed by atoms with Crippen LogP contribution in [0.5, 0.6) is 5.75 Å². The molecule has 1 atom stereocenters. The lowest BCUT2D eigenvalue weighted by molar-refractivity contribution is -0.136. The second-order valence-electron chi connectivity index (χ2n) is 7.53. The van der Waals surface area contributed by atoms with Crippen LogP contribution in [0.1, 0.15) is 29.5 Å². The standard InChI is InChI=1S/C27H29NO4/c29-25(17-18-32-26-12-5-4-10-23(26)14-16-27(30)31)15-13-21-9-6-11-24(19-21)28-20-22-7-2-1-3-8-22/h1-13,15,19,25,28-29H,14,16-18,20H2,(H,30,31)/b15-13+. The van der Waals surface area contributed by atoms with Gasteiger partial charge in [-0.15, -0.1) is 0 Å². The highest BCUT2D eigenvalue weighted by Crippen LogP contribution is 2.20. The number of carbonyl (C=O) groups is 1. The van der Waals surface area contributed by atoms with Crippen LogP contribution in [0, 0.1) is 0 Å². The van der Waals surface area contributed by atoms with Crippen LogP contribution in [0.25, 0.3) is 6.08 Å². The Hall–Kier alpha value is -3.57. The van der Waals surface area contributed by atoms with E-state index in [-0.39, 0.29) is 6.42 Å². The van der Waals surface area contributed by atoms with Crippen molar-refractivity contribution in [3.8, 4) is 5.75 Å². The lowest BCUT2D eigenvalue weighted by atomic mass is 10.1. The third kappa shape index (κ3) is 7.93. The molecule has 5 heteroatoms. The minimum absolute atomic E-state index is 0.0605. The minimum atomic E-state index is -0.834. The SMILES string of the molecule is O=C(O)CCc1ccccc1OCCC(O)/C=C/c1cccc(NCc2ccccc2)c1. The fourth-order valence-corrected chi connectivity index (χ4v) is 3.25. The molecule has 3 aromatic rings. The van der Waals surface area contributed by atoms with Crippen molar-refractivity contribution < 1.29 is 19.7 Å². The van der Waals surface area contributed by atoms with Crippen LogP contribution in [-0.2, 0) is 17.8 Å². The predicted molar refractivity (Wildman–Crippen MR) is 128 cm³/mol. The van der Waals surface area contributed by atoms with Gasteiger partial charge in [-0.1, -0.05) is 72.8 Å². The van der Waals surface area contributed by atoms with E-state index in [2.05, 4.69) is 17.4 Å². The van der Waals surface area contributed by atoms with Crippen LogP contribution in [0.2, 0.25) is 0 Å². The van der Waals surface area contributed by atoms with Gasteiger partial charge < -0.3 is 20.3 Å². The van der Waals surface area contributed by atoms with Crippen molar-refractivity contribution in [1.82, 2.24) is 0 Å². The summed E-state index contributed by atoms with van der Waals surface area (Å²) in [6, 6.07) is 25.7. The van der Waals surface area contributed by atoms with Crippen molar-refractivity contribution >= 4 is 17.7 Å². The molecule has 3 N–H and O–H groups in total. The van der Waals surface area contributed by atoms with Gasteiger partial charge in [0.15, 0.2) is 0 Å². The Morgan fingerprint density at radius 1 is 1.00 bits per heavy atom. The molecule has 32 heavy (non-hydrogen) atoms. The van der Waals surface area contributed by atoms with E-state index in [1.54, 1.807) is 6.08 Å². The normalized spacial score (nSPS) is 11.9. The molecular weight excluding hydrogens is 402 g/mol. The van der Waals surface area contributed by atoms with Gasteiger partial charge in [-0.3, -0.25) is 4.79 Å². The highest BCUT2D eigenvalue weighted by Gasteiger charge is 2.07. The Kier molecular flexibility index (Phi) is 8.90. The Labute approximate surface area is 189 Å². The van der Waals surface area contributed by atoms with E-state index in [1.807, 2.05) is 72.8 Å². The number of benzene rings is 3. The average molecular weight is 432 g/mol. The van der Waals surface area contributed by atoms with Gasteiger partial charge in [0.05, 0.1) is 12.7 Å². The molecule has 0 aromatic heterocycles. The van der Waals surface area contributed by atoms with E-state index in [0.29, 0.717) is 25.2 Å². The molecule has 3 aromatic carbocycles. The third-order valence-corrected chi connectivity index (χ3v) is 4.99. The van der Waals surface area contributed by atoms with E-state index in [1.165, 1.54) is 5.56 Å². The summed E-state index contributed by atoms with van der Waals surface area (Å²) in [7, 11) is 0. The number of carboxylic acid groups (broad SMARTS) is 1. The second-order valence-corrected chi connectivity index (χ2v) is 7.53. The Morgan fingerprint density at radius 3 is 2.59 bits per heavy atom. The molecule has 0 fully saturated rings. The van der Waals surface area contributed by atoms with Crippen LogP contribution in [0.15, 0.2) is 84.9 Å². The number of aliphatic hydroxyl groups is 1. The lowest BCUT2D eigenvalue weighted by Crippen LogP contribution is -2.10. The Balaban J connectivity index is 1.46. The predicted octanol–water partition coefficient (Wildman–Crippen LogP) is 5.16. The molecule has 0 bridgehead atoms. The summed E-state index contributed by atoms with van der Waals surface area (Å²) in [6.45, 7) is 1.09. The van der Waals surface area contributed by atoms with E-state index in [9.17, 15) is 9.90 Å². The third-order valence-electron chi connectivity index (χ3n) is 4.99. The zero-order chi connectivity index (χ0) is 22.6. The number of carboxylic acids is 1. The fraction of sp³-hybridized carbons (Fsp3) is 0.222. The zero-order valence-electron chi connectivity index (χ0n) is 18.0. The van der Waals surface area contributed by atoms with Crippen LogP contribution in [0.4, 0.5) is 5.69 Å². The molecule has 0 amide bonds. The summed E-state index contributed by atoms with van der Waals surface area (Å²) in [6.07, 6.45) is 3.94. The van der Waals surface area contributed by atoms with Crippen LogP contribution < -0.4 is 10.1 Å². The number of aliphatic hydroxyl groups excluding tert-OH is 1. The number of nitrogens with one attached hydrogen (secondary N) is 1. The molecule has 0 radical (unpaired) electrons. The summed E-state index contributed by atoms with van der Waals surface area (Å²) in [5, 5.41) is 22.6. The van der Waals surface area contributed by atoms with Gasteiger partial charge in [0.25, 0.3) is 0 Å². The first-order valence-corrected chi connectivity index (χ1v) is 10.8. The molecule has 0 aliphatic carbocycles. The average Bonchev–Trinajstić information content (AvgIpc) is 2.82. The number of anilines is 1. The van der Waals surface area contributed by atoms with Gasteiger partial charge in [-0.2, -0.15) is 0 Å². The van der Waals surface area contributed by atoms with Crippen molar-refractivity contribution in [2.45, 2.75) is 31.9 Å². The van der Waals surface area contributed by atoms with E-state index in [4.69, 9.17) is 9.84 Å². The van der Waals surface area contributed by atoms with Gasteiger partial charge in [0.2, 0.25) is 0 Å². The number of aryl methyl sites for hydroxylation is 1. The molecular formula is C27H29NO4. The molecule has 0 aliphatic rings. The summed E-state index contributed by atoms with van der Waals surface area (Å²) in [5.41, 5.74) is 4.10. The Morgan fingerprint density at radius 2 is 1.78 bits per heavy atom. The monoisotopic (exact) mass is 431 g/mol. The molecule has 1 unspecified atom stereocenters. The van der Waals surface area contributed by atoms with Crippen molar-refractivity contribution in [3.63, 3.8) is 0 Å². The van der Waals surface area contributed by atoms with Gasteiger partial charge in [0, 0.05) is 25.1 Å². The number of hydrogen-bond acceptors (Lipinski definition) is 4. The molecule has 3 rings (SSSR count). The maximum absolute atomic E-state index is 10.8. The van der Waals surface area contributed by atoms with Crippen molar-refractivity contribution in [2.24, 2.45) is 0 Å². The number of rotatable bonds is 12. The van der Waals surface area contributed by atoms with Gasteiger partial charge in [-0.25, -0.2) is 0 Å². The first-order valence-electron chi connectivity index (χ1n) is 10.8. The zero-order valence-corrected chi connectivity index (χ0v) is 18.0. The lowest BCUT2D eigenvalue weighted by Gasteiger charge is -2.12. The van der Waals surface area contributed by atoms with Crippen LogP contribution in [0.3, 0.4) is 0 Å². The minimum Gasteiger partial charge on any atom is -0.493 e. The number of aliphatic carboxylic acids is 1. The molecule has 0 saturated carbocycles. The highest BCUT2D eigenvalue weighted by atomic mass is 16.5. The van der Waals surface area contributed by atoms with E-state index in [0.717, 1.165) is 23.4 Å². The highest BCUT2D eigenvalue weighted by molar-refractivity contribution is 5.67. The van der Waals surface area contributed by atoms with Crippen LogP contribution in [-0.4, -0.2) is 28.9 Å². The largest absolute Gasteiger partial charge is 0.493 e. The maximum atomic E-state index is 10.8. The van der Waals surface area contributed by atoms with Crippen molar-refractivity contribution in [2.75, 3.05) is 11.9 Å². The number of para-hydroxylation sites is 1. The fourth-order valence-electron chi connectivity index (χ4n) is 3.25. The summed E-state index contributed by atoms with van der Waals surface area (Å²) in [5.74, 6) is -0.165. The summed E-state index contributed by atoms with van der Waals surface area (Å²) in [4.78, 5) is 10.8. The summed E-state index contributed by atoms with van der Waals surface area (Å²) >= 11 is 0. The van der Waals surface area contributed by atoms with Gasteiger partial charge in [-0.05, 0) is 41.3 Å². The molecule has 5 nitrogen and oxygen atoms in total. The van der Waals surface area contributed by atoms with Crippen LogP contribution >= 0.6 is 0 Å². The first-order chi connectivity index (χ1) is 15.6. The first kappa shape index (κ1) is 23.1. The maximum Gasteiger partial charge on any atom is 0.303 e. The molecule has 166 valence electrons. The van der Waals surface area contributed by atoms with Crippen molar-refractivity contribution in [3.05, 3.63) is 102 Å². The molecule has 0 aliphatic heterocycles. The van der Waals surface area contributed by atoms with Gasteiger partial charge in [0.1, 0.15) is 5.75 Å². The van der Waals surface area contributed by atoms with Crippen molar-refractivity contribution in [1.29, 1.82) is 0 Å². The molecule has 0 spiro atoms.